The van der Waals surface area contributed by atoms with Crippen LogP contribution in [0.3, 0.4) is 0 Å². The Kier molecular flexibility index (Phi) is 5.37. The second kappa shape index (κ2) is 6.81. The van der Waals surface area contributed by atoms with Crippen molar-refractivity contribution in [1.82, 2.24) is 15.1 Å². The lowest BCUT2D eigenvalue weighted by Crippen LogP contribution is -2.33. The molecule has 0 amide bonds. The summed E-state index contributed by atoms with van der Waals surface area (Å²) < 4.78 is 0. The van der Waals surface area contributed by atoms with Gasteiger partial charge >= 0.3 is 0 Å². The van der Waals surface area contributed by atoms with Crippen molar-refractivity contribution in [3.63, 3.8) is 0 Å². The summed E-state index contributed by atoms with van der Waals surface area (Å²) in [5, 5.41) is 17.0. The highest BCUT2D eigenvalue weighted by Crippen LogP contribution is 2.15. The van der Waals surface area contributed by atoms with Gasteiger partial charge in [-0.05, 0) is 26.6 Å². The zero-order valence-electron chi connectivity index (χ0n) is 10.7. The maximum Gasteiger partial charge on any atom is 0.169 e. The Labute approximate surface area is 103 Å². The van der Waals surface area contributed by atoms with Gasteiger partial charge in [-0.25, -0.2) is 0 Å². The van der Waals surface area contributed by atoms with Crippen LogP contribution in [-0.2, 0) is 0 Å². The van der Waals surface area contributed by atoms with Gasteiger partial charge in [0.15, 0.2) is 5.82 Å². The lowest BCUT2D eigenvalue weighted by molar-refractivity contribution is 0.412. The summed E-state index contributed by atoms with van der Waals surface area (Å²) in [6.45, 7) is 4.79. The van der Waals surface area contributed by atoms with Gasteiger partial charge in [0, 0.05) is 19.6 Å². The van der Waals surface area contributed by atoms with Crippen LogP contribution in [0.1, 0.15) is 18.9 Å². The predicted octanol–water partition coefficient (Wildman–Crippen LogP) is 1.13. The molecule has 0 radical (unpaired) electrons. The first-order chi connectivity index (χ1) is 8.19. The molecule has 1 rings (SSSR count). The van der Waals surface area contributed by atoms with Crippen LogP contribution < -0.4 is 4.90 Å². The molecule has 0 aliphatic heterocycles. The van der Waals surface area contributed by atoms with Crippen LogP contribution in [-0.4, -0.2) is 48.8 Å². The summed E-state index contributed by atoms with van der Waals surface area (Å²) in [6, 6.07) is 3.87. The number of likely N-dealkylation sites (N-methyl/N-ethyl adjacent to an activating group) is 1. The van der Waals surface area contributed by atoms with Gasteiger partial charge in [-0.15, -0.1) is 5.10 Å². The molecule has 0 atom stereocenters. The van der Waals surface area contributed by atoms with Gasteiger partial charge in [0.05, 0.1) is 11.8 Å². The molecule has 1 aromatic heterocycles. The molecule has 92 valence electrons. The fourth-order valence-electron chi connectivity index (χ4n) is 1.56. The summed E-state index contributed by atoms with van der Waals surface area (Å²) >= 11 is 0. The molecule has 0 bridgehead atoms. The Morgan fingerprint density at radius 2 is 2.06 bits per heavy atom. The van der Waals surface area contributed by atoms with Crippen molar-refractivity contribution in [3.05, 3.63) is 17.8 Å². The van der Waals surface area contributed by atoms with Crippen molar-refractivity contribution < 1.29 is 0 Å². The van der Waals surface area contributed by atoms with Crippen LogP contribution >= 0.6 is 0 Å². The molecule has 1 aromatic rings. The quantitative estimate of drug-likeness (QED) is 0.737. The molecule has 0 aromatic carbocycles. The lowest BCUT2D eigenvalue weighted by Gasteiger charge is -2.24. The SMILES string of the molecule is CCCN(CCN(C)C)c1nnccc1C#N. The monoisotopic (exact) mass is 233 g/mol. The number of hydrogen-bond donors (Lipinski definition) is 0. The molecule has 5 nitrogen and oxygen atoms in total. The molecular weight excluding hydrogens is 214 g/mol. The van der Waals surface area contributed by atoms with Gasteiger partial charge in [0.1, 0.15) is 6.07 Å². The summed E-state index contributed by atoms with van der Waals surface area (Å²) in [7, 11) is 4.07. The minimum absolute atomic E-state index is 0.590. The van der Waals surface area contributed by atoms with E-state index >= 15 is 0 Å². The maximum absolute atomic E-state index is 9.06. The van der Waals surface area contributed by atoms with Crippen molar-refractivity contribution in [2.45, 2.75) is 13.3 Å². The standard InChI is InChI=1S/C12H19N5/c1-4-7-17(9-8-16(2)3)12-11(10-13)5-6-14-15-12/h5-6H,4,7-9H2,1-3H3. The van der Waals surface area contributed by atoms with Crippen molar-refractivity contribution >= 4 is 5.82 Å². The molecular formula is C12H19N5. The Morgan fingerprint density at radius 1 is 1.29 bits per heavy atom. The number of anilines is 1. The minimum atomic E-state index is 0.590. The van der Waals surface area contributed by atoms with E-state index in [-0.39, 0.29) is 0 Å². The second-order valence-electron chi connectivity index (χ2n) is 4.17. The van der Waals surface area contributed by atoms with Gasteiger partial charge < -0.3 is 9.80 Å². The van der Waals surface area contributed by atoms with Gasteiger partial charge in [0.25, 0.3) is 0 Å². The third-order valence-electron chi connectivity index (χ3n) is 2.43. The molecule has 0 spiro atoms. The second-order valence-corrected chi connectivity index (χ2v) is 4.17. The third kappa shape index (κ3) is 4.00. The molecule has 0 unspecified atom stereocenters. The highest BCUT2D eigenvalue weighted by Gasteiger charge is 2.12. The van der Waals surface area contributed by atoms with Crippen molar-refractivity contribution in [1.29, 1.82) is 5.26 Å². The Balaban J connectivity index is 2.85. The van der Waals surface area contributed by atoms with Gasteiger partial charge in [-0.2, -0.15) is 10.4 Å². The number of hydrogen-bond acceptors (Lipinski definition) is 5. The largest absolute Gasteiger partial charge is 0.353 e. The van der Waals surface area contributed by atoms with Gasteiger partial charge in [-0.1, -0.05) is 6.92 Å². The smallest absolute Gasteiger partial charge is 0.169 e. The predicted molar refractivity (Wildman–Crippen MR) is 67.8 cm³/mol. The van der Waals surface area contributed by atoms with Crippen LogP contribution in [0.4, 0.5) is 5.82 Å². The minimum Gasteiger partial charge on any atom is -0.353 e. The summed E-state index contributed by atoms with van der Waals surface area (Å²) in [4.78, 5) is 4.23. The van der Waals surface area contributed by atoms with E-state index < -0.39 is 0 Å². The highest BCUT2D eigenvalue weighted by atomic mass is 15.3. The first-order valence-corrected chi connectivity index (χ1v) is 5.80. The molecule has 0 saturated heterocycles. The molecule has 0 N–H and O–H groups in total. The van der Waals surface area contributed by atoms with E-state index in [1.165, 1.54) is 0 Å². The summed E-state index contributed by atoms with van der Waals surface area (Å²) in [6.07, 6.45) is 2.58. The van der Waals surface area contributed by atoms with E-state index in [9.17, 15) is 0 Å². The van der Waals surface area contributed by atoms with Gasteiger partial charge in [0.2, 0.25) is 0 Å². The fourth-order valence-corrected chi connectivity index (χ4v) is 1.56. The number of aromatic nitrogens is 2. The van der Waals surface area contributed by atoms with Crippen LogP contribution in [0.2, 0.25) is 0 Å². The van der Waals surface area contributed by atoms with Crippen LogP contribution in [0.5, 0.6) is 0 Å². The van der Waals surface area contributed by atoms with Crippen LogP contribution in [0.25, 0.3) is 0 Å². The average molecular weight is 233 g/mol. The molecule has 5 heteroatoms. The first-order valence-electron chi connectivity index (χ1n) is 5.80. The van der Waals surface area contributed by atoms with Gasteiger partial charge in [-0.3, -0.25) is 0 Å². The van der Waals surface area contributed by atoms with Crippen molar-refractivity contribution in [2.75, 3.05) is 38.6 Å². The van der Waals surface area contributed by atoms with Crippen LogP contribution in [0.15, 0.2) is 12.3 Å². The Morgan fingerprint density at radius 3 is 2.65 bits per heavy atom. The molecule has 0 aliphatic rings. The Hall–Kier alpha value is -1.67. The van der Waals surface area contributed by atoms with E-state index in [2.05, 4.69) is 33.0 Å². The Bertz CT molecular complexity index is 383. The fraction of sp³-hybridized carbons (Fsp3) is 0.583. The summed E-state index contributed by atoms with van der Waals surface area (Å²) in [5.74, 6) is 0.693. The van der Waals surface area contributed by atoms with Crippen molar-refractivity contribution in [3.8, 4) is 6.07 Å². The van der Waals surface area contributed by atoms with E-state index in [1.807, 2.05) is 14.1 Å². The molecule has 0 fully saturated rings. The van der Waals surface area contributed by atoms with E-state index in [1.54, 1.807) is 12.3 Å². The highest BCUT2D eigenvalue weighted by molar-refractivity contribution is 5.52. The third-order valence-corrected chi connectivity index (χ3v) is 2.43. The normalized spacial score (nSPS) is 10.3. The number of nitriles is 1. The lowest BCUT2D eigenvalue weighted by atomic mass is 10.2. The van der Waals surface area contributed by atoms with Crippen LogP contribution in [0, 0.1) is 11.3 Å². The molecule has 0 saturated carbocycles. The molecule has 17 heavy (non-hydrogen) atoms. The number of rotatable bonds is 6. The van der Waals surface area contributed by atoms with E-state index in [4.69, 9.17) is 5.26 Å². The topological polar surface area (TPSA) is 56.1 Å². The molecule has 1 heterocycles. The summed E-state index contributed by atoms with van der Waals surface area (Å²) in [5.41, 5.74) is 0.590. The average Bonchev–Trinajstić information content (AvgIpc) is 2.34. The first kappa shape index (κ1) is 13.4. The maximum atomic E-state index is 9.06. The zero-order valence-corrected chi connectivity index (χ0v) is 10.7. The van der Waals surface area contributed by atoms with Crippen molar-refractivity contribution in [2.24, 2.45) is 0 Å². The number of nitrogens with zero attached hydrogens (tertiary/aromatic N) is 5. The zero-order chi connectivity index (χ0) is 12.7. The van der Waals surface area contributed by atoms with E-state index in [0.717, 1.165) is 26.1 Å². The molecule has 0 aliphatic carbocycles. The van der Waals surface area contributed by atoms with E-state index in [0.29, 0.717) is 11.4 Å².